The van der Waals surface area contributed by atoms with Gasteiger partial charge in [-0.3, -0.25) is 5.41 Å². The molecule has 0 fully saturated rings. The second-order valence-corrected chi connectivity index (χ2v) is 6.12. The molecule has 6 N–H and O–H groups in total. The third-order valence-corrected chi connectivity index (χ3v) is 4.25. The summed E-state index contributed by atoms with van der Waals surface area (Å²) in [5.74, 6) is 1.66. The van der Waals surface area contributed by atoms with Crippen LogP contribution in [-0.4, -0.2) is 34.5 Å². The molecule has 0 radical (unpaired) electrons. The van der Waals surface area contributed by atoms with Crippen molar-refractivity contribution in [3.8, 4) is 0 Å². The molecular weight excluding hydrogens is 326 g/mol. The predicted molar refractivity (Wildman–Crippen MR) is 110 cm³/mol. The maximum atomic E-state index is 6.19. The number of aromatic nitrogens is 3. The average molecular weight is 355 g/mol. The molecule has 2 heterocycles. The summed E-state index contributed by atoms with van der Waals surface area (Å²) in [4.78, 5) is 9.36. The van der Waals surface area contributed by atoms with Gasteiger partial charge in [-0.25, -0.2) is 9.97 Å². The Morgan fingerprint density at radius 3 is 2.65 bits per heavy atom. The van der Waals surface area contributed by atoms with Crippen molar-refractivity contribution in [1.82, 2.24) is 19.9 Å². The Morgan fingerprint density at radius 1 is 1.23 bits per heavy atom. The molecule has 3 rings (SSSR count). The van der Waals surface area contributed by atoms with Gasteiger partial charge in [-0.15, -0.1) is 0 Å². The van der Waals surface area contributed by atoms with Crippen LogP contribution in [0.15, 0.2) is 24.3 Å². The van der Waals surface area contributed by atoms with E-state index >= 15 is 0 Å². The van der Waals surface area contributed by atoms with E-state index in [2.05, 4.69) is 39.7 Å². The van der Waals surface area contributed by atoms with Crippen molar-refractivity contribution in [2.45, 2.75) is 39.2 Å². The van der Waals surface area contributed by atoms with Crippen molar-refractivity contribution >= 4 is 34.1 Å². The van der Waals surface area contributed by atoms with E-state index in [1.165, 1.54) is 0 Å². The molecule has 1 aromatic carbocycles. The smallest absolute Gasteiger partial charge is 0.152 e. The highest BCUT2D eigenvalue weighted by Gasteiger charge is 2.16. The van der Waals surface area contributed by atoms with Gasteiger partial charge in [0.25, 0.3) is 0 Å². The molecule has 0 saturated carbocycles. The first kappa shape index (κ1) is 19.7. The molecule has 0 bridgehead atoms. The lowest BCUT2D eigenvalue weighted by Gasteiger charge is -2.10. The van der Waals surface area contributed by atoms with Gasteiger partial charge in [-0.05, 0) is 32.5 Å². The molecule has 0 saturated heterocycles. The summed E-state index contributed by atoms with van der Waals surface area (Å²) in [5, 5.41) is 10.2. The maximum absolute atomic E-state index is 6.19. The van der Waals surface area contributed by atoms with E-state index < -0.39 is 0 Å². The molecule has 7 heteroatoms. The molecule has 7 nitrogen and oxygen atoms in total. The average Bonchev–Trinajstić information content (AvgIpc) is 3.00. The molecule has 0 aliphatic rings. The zero-order chi connectivity index (χ0) is 18.9. The van der Waals surface area contributed by atoms with Gasteiger partial charge in [-0.1, -0.05) is 31.5 Å². The minimum absolute atomic E-state index is 0.531. The minimum Gasteiger partial charge on any atom is -0.390 e. The first-order valence-electron chi connectivity index (χ1n) is 9.06. The van der Waals surface area contributed by atoms with E-state index in [0.29, 0.717) is 5.82 Å². The van der Waals surface area contributed by atoms with Crippen LogP contribution in [0.1, 0.15) is 32.0 Å². The fourth-order valence-corrected chi connectivity index (χ4v) is 3.09. The summed E-state index contributed by atoms with van der Waals surface area (Å²) in [5.41, 5.74) is 13.5. The largest absolute Gasteiger partial charge is 0.390 e. The van der Waals surface area contributed by atoms with Gasteiger partial charge in [0.1, 0.15) is 11.3 Å². The number of hydrogen-bond acceptors (Lipinski definition) is 5. The van der Waals surface area contributed by atoms with Gasteiger partial charge < -0.3 is 21.4 Å². The molecular formula is C19H29N7. The van der Waals surface area contributed by atoms with Crippen LogP contribution in [0.25, 0.3) is 21.9 Å². The molecule has 0 aliphatic carbocycles. The summed E-state index contributed by atoms with van der Waals surface area (Å²) in [6, 6.07) is 8.18. The lowest BCUT2D eigenvalue weighted by Crippen LogP contribution is -2.12. The number of imidazole rings is 1. The summed E-state index contributed by atoms with van der Waals surface area (Å²) in [6.07, 6.45) is 5.10. The van der Waals surface area contributed by atoms with E-state index in [-0.39, 0.29) is 0 Å². The van der Waals surface area contributed by atoms with Crippen LogP contribution in [0.3, 0.4) is 0 Å². The SMILES string of the molecule is CCCCc1nc2c(N)nc3ccccc3c2n1CCCNC.N=CN. The van der Waals surface area contributed by atoms with Crippen LogP contribution in [0.2, 0.25) is 0 Å². The van der Waals surface area contributed by atoms with Gasteiger partial charge >= 0.3 is 0 Å². The van der Waals surface area contributed by atoms with Crippen molar-refractivity contribution < 1.29 is 0 Å². The number of anilines is 1. The van der Waals surface area contributed by atoms with Crippen LogP contribution in [-0.2, 0) is 13.0 Å². The number of benzene rings is 1. The fraction of sp³-hybridized carbons (Fsp3) is 0.421. The van der Waals surface area contributed by atoms with Gasteiger partial charge in [-0.2, -0.15) is 0 Å². The van der Waals surface area contributed by atoms with Crippen LogP contribution < -0.4 is 16.8 Å². The highest BCUT2D eigenvalue weighted by molar-refractivity contribution is 6.06. The summed E-state index contributed by atoms with van der Waals surface area (Å²) >= 11 is 0. The maximum Gasteiger partial charge on any atom is 0.152 e. The third-order valence-electron chi connectivity index (χ3n) is 4.25. The predicted octanol–water partition coefficient (Wildman–Crippen LogP) is 2.67. The number of rotatable bonds is 7. The number of para-hydroxylation sites is 1. The van der Waals surface area contributed by atoms with E-state index in [9.17, 15) is 0 Å². The summed E-state index contributed by atoms with van der Waals surface area (Å²) < 4.78 is 2.35. The highest BCUT2D eigenvalue weighted by Crippen LogP contribution is 2.29. The number of nitrogens with zero attached hydrogens (tertiary/aromatic N) is 3. The lowest BCUT2D eigenvalue weighted by atomic mass is 10.2. The third kappa shape index (κ3) is 4.29. The van der Waals surface area contributed by atoms with Crippen molar-refractivity contribution in [2.75, 3.05) is 19.3 Å². The molecule has 0 atom stereocenters. The second kappa shape index (κ2) is 9.72. The molecule has 0 aliphatic heterocycles. The Hall–Kier alpha value is -2.67. The zero-order valence-corrected chi connectivity index (χ0v) is 15.6. The molecule has 0 amide bonds. The molecule has 2 aromatic heterocycles. The quantitative estimate of drug-likeness (QED) is 0.295. The minimum atomic E-state index is 0.531. The van der Waals surface area contributed by atoms with E-state index in [1.54, 1.807) is 0 Å². The number of aryl methyl sites for hydroxylation is 2. The van der Waals surface area contributed by atoms with Crippen molar-refractivity contribution in [3.63, 3.8) is 0 Å². The number of unbranched alkanes of at least 4 members (excludes halogenated alkanes) is 1. The summed E-state index contributed by atoms with van der Waals surface area (Å²) in [6.45, 7) is 4.15. The first-order valence-corrected chi connectivity index (χ1v) is 9.06. The molecule has 26 heavy (non-hydrogen) atoms. The van der Waals surface area contributed by atoms with E-state index in [0.717, 1.165) is 72.9 Å². The van der Waals surface area contributed by atoms with Gasteiger partial charge in [0, 0.05) is 18.4 Å². The van der Waals surface area contributed by atoms with Gasteiger partial charge in [0.15, 0.2) is 5.82 Å². The Kier molecular flexibility index (Phi) is 7.35. The first-order chi connectivity index (χ1) is 12.7. The Morgan fingerprint density at radius 2 is 1.96 bits per heavy atom. The molecule has 3 aromatic rings. The summed E-state index contributed by atoms with van der Waals surface area (Å²) in [7, 11) is 1.99. The number of hydrogen-bond donors (Lipinski definition) is 4. The zero-order valence-electron chi connectivity index (χ0n) is 15.6. The normalized spacial score (nSPS) is 10.7. The Labute approximate surface area is 154 Å². The van der Waals surface area contributed by atoms with Crippen molar-refractivity contribution in [3.05, 3.63) is 30.1 Å². The van der Waals surface area contributed by atoms with Gasteiger partial charge in [0.2, 0.25) is 0 Å². The fourth-order valence-electron chi connectivity index (χ4n) is 3.09. The van der Waals surface area contributed by atoms with Crippen LogP contribution >= 0.6 is 0 Å². The van der Waals surface area contributed by atoms with Crippen LogP contribution in [0.5, 0.6) is 0 Å². The molecule has 0 spiro atoms. The number of fused-ring (bicyclic) bond motifs is 3. The lowest BCUT2D eigenvalue weighted by molar-refractivity contribution is 0.593. The van der Waals surface area contributed by atoms with Crippen LogP contribution in [0, 0.1) is 5.41 Å². The number of nitrogen functional groups attached to an aromatic ring is 1. The Balaban J connectivity index is 0.000000758. The molecule has 140 valence electrons. The van der Waals surface area contributed by atoms with Crippen molar-refractivity contribution in [1.29, 1.82) is 5.41 Å². The molecule has 0 unspecified atom stereocenters. The Bertz CT molecular complexity index is 854. The topological polar surface area (TPSA) is 119 Å². The van der Waals surface area contributed by atoms with E-state index in [1.807, 2.05) is 19.2 Å². The van der Waals surface area contributed by atoms with E-state index in [4.69, 9.17) is 16.1 Å². The number of nitrogens with two attached hydrogens (primary N) is 2. The number of pyridine rings is 1. The van der Waals surface area contributed by atoms with Crippen molar-refractivity contribution in [2.24, 2.45) is 5.73 Å². The number of nitrogens with one attached hydrogen (secondary N) is 2. The standard InChI is InChI=1S/C18H25N5.CH4N2/c1-3-4-10-15-22-16-17(23(15)12-7-11-20-2)13-8-5-6-9-14(13)21-18(16)19;2-1-3/h5-6,8-9,20H,3-4,7,10-12H2,1-2H3,(H2,19,21);1H,(H3,2,3). The highest BCUT2D eigenvalue weighted by atomic mass is 15.1. The van der Waals surface area contributed by atoms with Gasteiger partial charge in [0.05, 0.1) is 17.4 Å². The second-order valence-electron chi connectivity index (χ2n) is 6.12. The monoisotopic (exact) mass is 355 g/mol. The van der Waals surface area contributed by atoms with Crippen LogP contribution in [0.4, 0.5) is 5.82 Å².